The van der Waals surface area contributed by atoms with Crippen LogP contribution < -0.4 is 9.84 Å². The van der Waals surface area contributed by atoms with Crippen LogP contribution in [0.3, 0.4) is 0 Å². The number of carbonyl (C=O) groups is 1. The minimum atomic E-state index is -0.225. The third-order valence-corrected chi connectivity index (χ3v) is 12.2. The van der Waals surface area contributed by atoms with Crippen molar-refractivity contribution in [1.29, 1.82) is 0 Å². The maximum Gasteiger partial charge on any atom is 0.359 e. The highest BCUT2D eigenvalue weighted by molar-refractivity contribution is 8.18. The number of hydrogen-bond acceptors (Lipinski definition) is 5. The SMILES string of the molecule is CCCCCCCCC(CCCCCC)COc1ccc(C2=C([O-])/C(=C3\C=NC(=[N+](CC)CC(CCCCCC)CCCCCCCC)S3)C2=O)nc1. The van der Waals surface area contributed by atoms with E-state index in [1.165, 1.54) is 166 Å². The molecule has 1 aromatic heterocycles. The Morgan fingerprint density at radius 1 is 0.679 bits per heavy atom. The Kier molecular flexibility index (Phi) is 23.1. The standard InChI is InChI=1S/C46H75N3O3S/c1-6-11-15-19-21-25-28-37(27-23-17-13-8-3)35-49(10-5)46-48-34-41(53-46)43-44(50)42(45(43)51)40-32-31-39(33-47-40)52-36-38(29-24-18-14-9-4)30-26-22-20-16-12-7-2/h31-34,37-38H,6-30,35-36H2,1-5H3. The van der Waals surface area contributed by atoms with Crippen molar-refractivity contribution in [2.45, 2.75) is 189 Å². The largest absolute Gasteiger partial charge is 0.871 e. The number of unbranched alkanes of at least 4 members (excludes halogenated alkanes) is 16. The van der Waals surface area contributed by atoms with Gasteiger partial charge >= 0.3 is 5.17 Å². The Morgan fingerprint density at radius 2 is 1.19 bits per heavy atom. The lowest BCUT2D eigenvalue weighted by Crippen LogP contribution is -2.30. The van der Waals surface area contributed by atoms with Crippen molar-refractivity contribution in [2.75, 3.05) is 19.7 Å². The third kappa shape index (κ3) is 16.1. The van der Waals surface area contributed by atoms with Gasteiger partial charge in [0.2, 0.25) is 0 Å². The minimum Gasteiger partial charge on any atom is -0.871 e. The zero-order valence-corrected chi connectivity index (χ0v) is 35.3. The van der Waals surface area contributed by atoms with Gasteiger partial charge in [0.25, 0.3) is 0 Å². The van der Waals surface area contributed by atoms with Crippen molar-refractivity contribution < 1.29 is 19.2 Å². The number of carbonyl (C=O) groups excluding carboxylic acids is 1. The first-order chi connectivity index (χ1) is 26.0. The van der Waals surface area contributed by atoms with Gasteiger partial charge < -0.3 is 9.84 Å². The van der Waals surface area contributed by atoms with E-state index in [9.17, 15) is 9.90 Å². The molecule has 0 saturated carbocycles. The molecule has 1 aliphatic heterocycles. The fraction of sp³-hybridized carbons (Fsp3) is 0.739. The fourth-order valence-electron chi connectivity index (χ4n) is 7.64. The van der Waals surface area contributed by atoms with Crippen LogP contribution in [0.1, 0.15) is 194 Å². The van der Waals surface area contributed by atoms with Crippen LogP contribution in [0.25, 0.3) is 5.57 Å². The summed E-state index contributed by atoms with van der Waals surface area (Å²) in [5.41, 5.74) is 0.863. The molecular formula is C46H75N3O3S. The van der Waals surface area contributed by atoms with Gasteiger partial charge in [-0.05, 0) is 61.6 Å². The van der Waals surface area contributed by atoms with Crippen LogP contribution in [0.2, 0.25) is 0 Å². The lowest BCUT2D eigenvalue weighted by molar-refractivity contribution is -0.530. The number of Topliss-reactive ketones (excluding diaryl/α,β-unsaturated/α-hetero) is 1. The van der Waals surface area contributed by atoms with Gasteiger partial charge in [-0.1, -0.05) is 162 Å². The van der Waals surface area contributed by atoms with E-state index in [2.05, 4.69) is 44.2 Å². The van der Waals surface area contributed by atoms with E-state index in [-0.39, 0.29) is 22.7 Å². The second-order valence-electron chi connectivity index (χ2n) is 15.7. The Balaban J connectivity index is 1.60. The van der Waals surface area contributed by atoms with E-state index in [4.69, 9.17) is 9.73 Å². The van der Waals surface area contributed by atoms with Crippen molar-refractivity contribution in [3.63, 3.8) is 0 Å². The van der Waals surface area contributed by atoms with E-state index in [1.54, 1.807) is 18.5 Å². The highest BCUT2D eigenvalue weighted by Crippen LogP contribution is 2.40. The average molecular weight is 750 g/mol. The molecule has 1 aromatic rings. The first-order valence-corrected chi connectivity index (χ1v) is 22.9. The molecule has 0 saturated heterocycles. The van der Waals surface area contributed by atoms with Gasteiger partial charge in [-0.2, -0.15) is 0 Å². The number of allylic oxidation sites excluding steroid dienone is 3. The zero-order valence-electron chi connectivity index (χ0n) is 34.5. The Bertz CT molecular complexity index is 1320. The lowest BCUT2D eigenvalue weighted by atomic mass is 9.85. The second-order valence-corrected chi connectivity index (χ2v) is 16.7. The summed E-state index contributed by atoms with van der Waals surface area (Å²) in [4.78, 5) is 23.3. The molecule has 298 valence electrons. The number of rotatable bonds is 31. The summed E-state index contributed by atoms with van der Waals surface area (Å²) < 4.78 is 8.59. The molecule has 6 nitrogen and oxygen atoms in total. The molecule has 3 rings (SSSR count). The number of aromatic nitrogens is 1. The van der Waals surface area contributed by atoms with Gasteiger partial charge in [-0.3, -0.25) is 14.4 Å². The van der Waals surface area contributed by atoms with Crippen molar-refractivity contribution in [1.82, 2.24) is 4.98 Å². The second kappa shape index (κ2) is 27.2. The predicted molar refractivity (Wildman–Crippen MR) is 226 cm³/mol. The Morgan fingerprint density at radius 3 is 1.68 bits per heavy atom. The average Bonchev–Trinajstić information content (AvgIpc) is 3.64. The molecule has 2 unspecified atom stereocenters. The number of thioether (sulfide) groups is 1. The minimum absolute atomic E-state index is 0.178. The van der Waals surface area contributed by atoms with Crippen molar-refractivity contribution >= 4 is 34.5 Å². The van der Waals surface area contributed by atoms with Crippen LogP contribution in [-0.4, -0.2) is 46.4 Å². The van der Waals surface area contributed by atoms with Gasteiger partial charge in [0.1, 0.15) is 5.75 Å². The molecule has 0 amide bonds. The summed E-state index contributed by atoms with van der Waals surface area (Å²) in [7, 11) is 0. The molecule has 7 heteroatoms. The number of ketones is 1. The lowest BCUT2D eigenvalue weighted by Gasteiger charge is -2.30. The first kappa shape index (κ1) is 45.0. The summed E-state index contributed by atoms with van der Waals surface area (Å²) in [6, 6.07) is 3.63. The van der Waals surface area contributed by atoms with Gasteiger partial charge in [0.05, 0.1) is 36.5 Å². The molecule has 1 aliphatic carbocycles. The van der Waals surface area contributed by atoms with Gasteiger partial charge in [0, 0.05) is 22.9 Å². The predicted octanol–water partition coefficient (Wildman–Crippen LogP) is 12.2. The Labute approximate surface area is 328 Å². The van der Waals surface area contributed by atoms with Crippen LogP contribution in [0, 0.1) is 11.8 Å². The van der Waals surface area contributed by atoms with E-state index < -0.39 is 0 Å². The molecule has 2 atom stereocenters. The highest BCUT2D eigenvalue weighted by Gasteiger charge is 2.36. The molecule has 0 fully saturated rings. The first-order valence-electron chi connectivity index (χ1n) is 22.1. The Hall–Kier alpha value is -2.41. The van der Waals surface area contributed by atoms with Crippen molar-refractivity contribution in [2.24, 2.45) is 16.8 Å². The van der Waals surface area contributed by atoms with Crippen LogP contribution in [0.4, 0.5) is 0 Å². The molecule has 0 radical (unpaired) electrons. The summed E-state index contributed by atoms with van der Waals surface area (Å²) in [5, 5.41) is 14.3. The quantitative estimate of drug-likeness (QED) is 0.0429. The van der Waals surface area contributed by atoms with Crippen LogP contribution in [0.5, 0.6) is 5.75 Å². The highest BCUT2D eigenvalue weighted by atomic mass is 32.2. The van der Waals surface area contributed by atoms with Gasteiger partial charge in [-0.25, -0.2) is 0 Å². The maximum absolute atomic E-state index is 13.4. The summed E-state index contributed by atoms with van der Waals surface area (Å²) in [5.74, 6) is 1.44. The fourth-order valence-corrected chi connectivity index (χ4v) is 8.67. The van der Waals surface area contributed by atoms with Gasteiger partial charge in [-0.15, -0.1) is 0 Å². The van der Waals surface area contributed by atoms with E-state index in [0.717, 1.165) is 18.3 Å². The molecule has 0 spiro atoms. The van der Waals surface area contributed by atoms with E-state index in [1.807, 2.05) is 6.07 Å². The van der Waals surface area contributed by atoms with E-state index in [0.29, 0.717) is 34.8 Å². The summed E-state index contributed by atoms with van der Waals surface area (Å²) in [6.07, 6.45) is 34.4. The van der Waals surface area contributed by atoms with Crippen molar-refractivity contribution in [3.8, 4) is 5.75 Å². The maximum atomic E-state index is 13.4. The topological polar surface area (TPSA) is 77.6 Å². The summed E-state index contributed by atoms with van der Waals surface area (Å²) >= 11 is 1.48. The third-order valence-electron chi connectivity index (χ3n) is 11.1. The monoisotopic (exact) mass is 750 g/mol. The molecule has 2 aliphatic rings. The molecule has 0 aromatic carbocycles. The molecule has 0 N–H and O–H groups in total. The van der Waals surface area contributed by atoms with Crippen LogP contribution in [0.15, 0.2) is 39.6 Å². The normalized spacial score (nSPS) is 17.8. The molecule has 53 heavy (non-hydrogen) atoms. The van der Waals surface area contributed by atoms with E-state index >= 15 is 0 Å². The van der Waals surface area contributed by atoms with Crippen LogP contribution >= 0.6 is 11.8 Å². The zero-order chi connectivity index (χ0) is 38.1. The smallest absolute Gasteiger partial charge is 0.359 e. The number of amidine groups is 1. The number of ether oxygens (including phenoxy) is 1. The number of aliphatic imine (C=N–C) groups is 1. The summed E-state index contributed by atoms with van der Waals surface area (Å²) in [6.45, 7) is 13.8. The molecule has 0 bridgehead atoms. The molecular weight excluding hydrogens is 675 g/mol. The number of pyridine rings is 1. The van der Waals surface area contributed by atoms with Gasteiger partial charge in [0.15, 0.2) is 12.0 Å². The number of nitrogens with zero attached hydrogens (tertiary/aromatic N) is 3. The number of hydrogen-bond donors (Lipinski definition) is 0. The van der Waals surface area contributed by atoms with Crippen molar-refractivity contribution in [3.05, 3.63) is 40.3 Å². The molecule has 2 heterocycles. The van der Waals surface area contributed by atoms with Crippen LogP contribution in [-0.2, 0) is 4.79 Å².